The molecule has 3 rings (SSSR count). The molecule has 138 valence electrons. The molecule has 2 atom stereocenters. The number of rotatable bonds is 2. The monoisotopic (exact) mass is 405 g/mol. The highest BCUT2D eigenvalue weighted by Gasteiger charge is 2.37. The number of carbonyl (C=O) groups is 2. The Morgan fingerprint density at radius 1 is 1.20 bits per heavy atom. The summed E-state index contributed by atoms with van der Waals surface area (Å²) >= 11 is 11.9. The van der Waals surface area contributed by atoms with Gasteiger partial charge in [-0.15, -0.1) is 12.4 Å². The first kappa shape index (κ1) is 20.3. The van der Waals surface area contributed by atoms with Crippen molar-refractivity contribution < 1.29 is 9.59 Å². The number of halogens is 3. The van der Waals surface area contributed by atoms with Crippen molar-refractivity contribution in [3.05, 3.63) is 33.8 Å². The number of hydrogen-bond donors (Lipinski definition) is 1. The minimum absolute atomic E-state index is 0. The first-order valence-corrected chi connectivity index (χ1v) is 9.01. The van der Waals surface area contributed by atoms with Gasteiger partial charge >= 0.3 is 0 Å². The van der Waals surface area contributed by atoms with Crippen molar-refractivity contribution in [2.45, 2.75) is 31.8 Å². The molecular weight excluding hydrogens is 385 g/mol. The van der Waals surface area contributed by atoms with Gasteiger partial charge in [0.1, 0.15) is 6.04 Å². The summed E-state index contributed by atoms with van der Waals surface area (Å²) < 4.78 is 0. The van der Waals surface area contributed by atoms with Gasteiger partial charge in [0.2, 0.25) is 5.91 Å². The predicted molar refractivity (Wildman–Crippen MR) is 102 cm³/mol. The van der Waals surface area contributed by atoms with Gasteiger partial charge in [-0.3, -0.25) is 9.59 Å². The maximum Gasteiger partial charge on any atom is 0.254 e. The lowest BCUT2D eigenvalue weighted by Gasteiger charge is -2.35. The van der Waals surface area contributed by atoms with Gasteiger partial charge in [-0.1, -0.05) is 23.2 Å². The van der Waals surface area contributed by atoms with Crippen LogP contribution >= 0.6 is 35.6 Å². The fraction of sp³-hybridized carbons (Fsp3) is 0.529. The quantitative estimate of drug-likeness (QED) is 0.821. The van der Waals surface area contributed by atoms with Crippen LogP contribution in [0.3, 0.4) is 0 Å². The second-order valence-corrected chi connectivity index (χ2v) is 7.24. The van der Waals surface area contributed by atoms with Crippen molar-refractivity contribution in [3.63, 3.8) is 0 Å². The number of piperazine rings is 1. The molecule has 5 nitrogen and oxygen atoms in total. The van der Waals surface area contributed by atoms with E-state index in [4.69, 9.17) is 23.2 Å². The number of benzene rings is 1. The van der Waals surface area contributed by atoms with Crippen molar-refractivity contribution in [1.29, 1.82) is 0 Å². The van der Waals surface area contributed by atoms with E-state index in [0.717, 1.165) is 13.0 Å². The molecule has 2 saturated heterocycles. The highest BCUT2D eigenvalue weighted by molar-refractivity contribution is 6.42. The molecule has 0 aliphatic carbocycles. The molecule has 2 unspecified atom stereocenters. The van der Waals surface area contributed by atoms with Crippen LogP contribution in [-0.2, 0) is 4.79 Å². The largest absolute Gasteiger partial charge is 0.338 e. The summed E-state index contributed by atoms with van der Waals surface area (Å²) in [6.07, 6.45) is 1.55. The normalized spacial score (nSPS) is 23.3. The Labute approximate surface area is 164 Å². The van der Waals surface area contributed by atoms with Crippen LogP contribution in [0, 0.1) is 0 Å². The fourth-order valence-corrected chi connectivity index (χ4v) is 3.70. The molecule has 0 aromatic heterocycles. The maximum absolute atomic E-state index is 12.9. The zero-order valence-corrected chi connectivity index (χ0v) is 16.3. The summed E-state index contributed by atoms with van der Waals surface area (Å²) in [5, 5.41) is 4.09. The zero-order valence-electron chi connectivity index (χ0n) is 14.0. The number of nitrogens with one attached hydrogen (secondary N) is 1. The molecule has 0 radical (unpaired) electrons. The summed E-state index contributed by atoms with van der Waals surface area (Å²) in [4.78, 5) is 29.2. The van der Waals surface area contributed by atoms with Crippen LogP contribution in [-0.4, -0.2) is 59.9 Å². The molecule has 1 N–H and O–H groups in total. The average Bonchev–Trinajstić information content (AvgIpc) is 3.05. The number of carbonyl (C=O) groups excluding carboxylic acids is 2. The van der Waals surface area contributed by atoms with E-state index < -0.39 is 0 Å². The Hall–Kier alpha value is -1.01. The first-order valence-electron chi connectivity index (χ1n) is 8.25. The van der Waals surface area contributed by atoms with E-state index >= 15 is 0 Å². The van der Waals surface area contributed by atoms with E-state index in [-0.39, 0.29) is 36.3 Å². The Bertz CT molecular complexity index is 656. The summed E-state index contributed by atoms with van der Waals surface area (Å²) in [6.45, 7) is 4.82. The Morgan fingerprint density at radius 3 is 2.64 bits per heavy atom. The van der Waals surface area contributed by atoms with Crippen molar-refractivity contribution in [3.8, 4) is 0 Å². The number of likely N-dealkylation sites (tertiary alicyclic amines) is 1. The third-order valence-corrected chi connectivity index (χ3v) is 5.38. The number of amides is 2. The fourth-order valence-electron chi connectivity index (χ4n) is 3.40. The summed E-state index contributed by atoms with van der Waals surface area (Å²) in [6, 6.07) is 4.74. The molecule has 2 amide bonds. The minimum Gasteiger partial charge on any atom is -0.338 e. The number of hydrogen-bond acceptors (Lipinski definition) is 3. The second-order valence-electron chi connectivity index (χ2n) is 6.42. The van der Waals surface area contributed by atoms with Gasteiger partial charge in [0.05, 0.1) is 10.0 Å². The molecular formula is C17H22Cl3N3O2. The molecule has 0 spiro atoms. The van der Waals surface area contributed by atoms with E-state index in [0.29, 0.717) is 41.7 Å². The molecule has 8 heteroatoms. The second kappa shape index (κ2) is 8.58. The lowest BCUT2D eigenvalue weighted by molar-refractivity contribution is -0.136. The third-order valence-electron chi connectivity index (χ3n) is 4.65. The standard InChI is InChI=1S/C17H21Cl2N3O2.ClH/c1-11-10-21(8-6-20-11)17(24)15-3-2-7-22(15)16(23)12-4-5-13(18)14(19)9-12;/h4-5,9,11,15,20H,2-3,6-8,10H2,1H3;1H. The Morgan fingerprint density at radius 2 is 1.96 bits per heavy atom. The van der Waals surface area contributed by atoms with Crippen LogP contribution in [0.25, 0.3) is 0 Å². The highest BCUT2D eigenvalue weighted by atomic mass is 35.5. The molecule has 25 heavy (non-hydrogen) atoms. The van der Waals surface area contributed by atoms with Gasteiger partial charge < -0.3 is 15.1 Å². The van der Waals surface area contributed by atoms with E-state index in [2.05, 4.69) is 12.2 Å². The minimum atomic E-state index is -0.378. The first-order chi connectivity index (χ1) is 11.5. The molecule has 2 fully saturated rings. The van der Waals surface area contributed by atoms with E-state index in [1.807, 2.05) is 4.90 Å². The lowest BCUT2D eigenvalue weighted by atomic mass is 10.1. The van der Waals surface area contributed by atoms with Crippen LogP contribution in [0.1, 0.15) is 30.1 Å². The van der Waals surface area contributed by atoms with Gasteiger partial charge in [-0.2, -0.15) is 0 Å². The van der Waals surface area contributed by atoms with Crippen LogP contribution < -0.4 is 5.32 Å². The number of nitrogens with zero attached hydrogens (tertiary/aromatic N) is 2. The SMILES string of the molecule is CC1CN(C(=O)C2CCCN2C(=O)c2ccc(Cl)c(Cl)c2)CCN1.Cl. The van der Waals surface area contributed by atoms with E-state index in [9.17, 15) is 9.59 Å². The summed E-state index contributed by atoms with van der Waals surface area (Å²) in [7, 11) is 0. The van der Waals surface area contributed by atoms with Gasteiger partial charge in [-0.05, 0) is 38.0 Å². The molecule has 1 aromatic rings. The van der Waals surface area contributed by atoms with Crippen molar-refractivity contribution >= 4 is 47.4 Å². The predicted octanol–water partition coefficient (Wildman–Crippen LogP) is 2.84. The lowest BCUT2D eigenvalue weighted by Crippen LogP contribution is -2.56. The molecule has 2 aliphatic heterocycles. The van der Waals surface area contributed by atoms with E-state index in [1.165, 1.54) is 0 Å². The summed E-state index contributed by atoms with van der Waals surface area (Å²) in [5.41, 5.74) is 0.470. The highest BCUT2D eigenvalue weighted by Crippen LogP contribution is 2.26. The molecule has 2 heterocycles. The topological polar surface area (TPSA) is 52.7 Å². The average molecular weight is 407 g/mol. The Kier molecular flexibility index (Phi) is 6.97. The van der Waals surface area contributed by atoms with Crippen molar-refractivity contribution in [1.82, 2.24) is 15.1 Å². The van der Waals surface area contributed by atoms with E-state index in [1.54, 1.807) is 23.1 Å². The zero-order chi connectivity index (χ0) is 17.3. The summed E-state index contributed by atoms with van der Waals surface area (Å²) in [5.74, 6) is -0.109. The van der Waals surface area contributed by atoms with Crippen LogP contribution in [0.4, 0.5) is 0 Å². The van der Waals surface area contributed by atoms with Crippen LogP contribution in [0.5, 0.6) is 0 Å². The van der Waals surface area contributed by atoms with Gasteiger partial charge in [0.15, 0.2) is 0 Å². The molecule has 2 aliphatic rings. The smallest absolute Gasteiger partial charge is 0.254 e. The van der Waals surface area contributed by atoms with Crippen molar-refractivity contribution in [2.75, 3.05) is 26.2 Å². The maximum atomic E-state index is 12.9. The van der Waals surface area contributed by atoms with Crippen LogP contribution in [0.2, 0.25) is 10.0 Å². The molecule has 0 saturated carbocycles. The van der Waals surface area contributed by atoms with Crippen LogP contribution in [0.15, 0.2) is 18.2 Å². The Balaban J connectivity index is 0.00000225. The molecule has 1 aromatic carbocycles. The molecule has 0 bridgehead atoms. The van der Waals surface area contributed by atoms with Gasteiger partial charge in [-0.25, -0.2) is 0 Å². The van der Waals surface area contributed by atoms with Crippen molar-refractivity contribution in [2.24, 2.45) is 0 Å². The van der Waals surface area contributed by atoms with Gasteiger partial charge in [0, 0.05) is 37.8 Å². The third kappa shape index (κ3) is 4.40. The van der Waals surface area contributed by atoms with Gasteiger partial charge in [0.25, 0.3) is 5.91 Å².